The Morgan fingerprint density at radius 1 is 1.30 bits per heavy atom. The molecule has 0 aromatic heterocycles. The largest absolute Gasteiger partial charge is 0.461 e. The van der Waals surface area contributed by atoms with E-state index in [1.807, 2.05) is 0 Å². The highest BCUT2D eigenvalue weighted by Crippen LogP contribution is 2.24. The Hall–Kier alpha value is -1.57. The van der Waals surface area contributed by atoms with Gasteiger partial charge in [0.15, 0.2) is 0 Å². The number of benzene rings is 1. The first-order chi connectivity index (χ1) is 9.32. The summed E-state index contributed by atoms with van der Waals surface area (Å²) in [7, 11) is 0. The van der Waals surface area contributed by atoms with Crippen LogP contribution >= 0.6 is 0 Å². The number of carbonyl (C=O) groups is 1. The summed E-state index contributed by atoms with van der Waals surface area (Å²) in [5.41, 5.74) is 3.79. The van der Waals surface area contributed by atoms with Gasteiger partial charge in [-0.1, -0.05) is 64.5 Å². The number of carbonyl (C=O) groups excluding carboxylic acids is 1. The van der Waals surface area contributed by atoms with Gasteiger partial charge in [0.1, 0.15) is 6.61 Å². The molecule has 0 unspecified atom stereocenters. The van der Waals surface area contributed by atoms with E-state index in [-0.39, 0.29) is 11.4 Å². The smallest absolute Gasteiger partial charge is 0.302 e. The van der Waals surface area contributed by atoms with Gasteiger partial charge in [-0.25, -0.2) is 0 Å². The molecule has 0 saturated heterocycles. The molecule has 0 aliphatic carbocycles. The standard InChI is InChI=1S/C18H26O2/c1-6-8-16(13-20-14(2)19)11-15-9-7-10-17(12-15)18(3,4)5/h7,9-12H,6,8,13H2,1-5H3/b16-11+. The molecule has 0 N–H and O–H groups in total. The van der Waals surface area contributed by atoms with E-state index in [9.17, 15) is 4.79 Å². The molecule has 0 fully saturated rings. The lowest BCUT2D eigenvalue weighted by Gasteiger charge is -2.19. The van der Waals surface area contributed by atoms with Gasteiger partial charge in [-0.15, -0.1) is 0 Å². The van der Waals surface area contributed by atoms with Crippen LogP contribution in [0.1, 0.15) is 58.6 Å². The molecule has 2 heteroatoms. The highest BCUT2D eigenvalue weighted by molar-refractivity contribution is 5.66. The van der Waals surface area contributed by atoms with Gasteiger partial charge < -0.3 is 4.74 Å². The first-order valence-electron chi connectivity index (χ1n) is 7.26. The third-order valence-electron chi connectivity index (χ3n) is 3.16. The van der Waals surface area contributed by atoms with Crippen LogP contribution in [-0.4, -0.2) is 12.6 Å². The van der Waals surface area contributed by atoms with Crippen molar-refractivity contribution in [2.45, 2.75) is 52.9 Å². The first kappa shape index (κ1) is 16.5. The molecule has 0 radical (unpaired) electrons. The zero-order chi connectivity index (χ0) is 15.2. The third kappa shape index (κ3) is 5.60. The monoisotopic (exact) mass is 274 g/mol. The summed E-state index contributed by atoms with van der Waals surface area (Å²) < 4.78 is 5.12. The van der Waals surface area contributed by atoms with Crippen molar-refractivity contribution >= 4 is 12.0 Å². The molecule has 1 aromatic carbocycles. The van der Waals surface area contributed by atoms with Gasteiger partial charge >= 0.3 is 5.97 Å². The van der Waals surface area contributed by atoms with Crippen LogP contribution in [0.2, 0.25) is 0 Å². The summed E-state index contributed by atoms with van der Waals surface area (Å²) in [5.74, 6) is -0.226. The summed E-state index contributed by atoms with van der Waals surface area (Å²) in [4.78, 5) is 10.9. The number of rotatable bonds is 5. The van der Waals surface area contributed by atoms with E-state index in [0.717, 1.165) is 18.4 Å². The molecular weight excluding hydrogens is 248 g/mol. The summed E-state index contributed by atoms with van der Waals surface area (Å²) in [6, 6.07) is 8.55. The Morgan fingerprint density at radius 2 is 2.00 bits per heavy atom. The number of esters is 1. The second-order valence-corrected chi connectivity index (χ2v) is 6.21. The second-order valence-electron chi connectivity index (χ2n) is 6.21. The highest BCUT2D eigenvalue weighted by atomic mass is 16.5. The molecule has 0 spiro atoms. The minimum absolute atomic E-state index is 0.144. The fraction of sp³-hybridized carbons (Fsp3) is 0.500. The van der Waals surface area contributed by atoms with Gasteiger partial charge in [0.05, 0.1) is 0 Å². The Morgan fingerprint density at radius 3 is 2.55 bits per heavy atom. The van der Waals surface area contributed by atoms with Gasteiger partial charge in [-0.05, 0) is 28.5 Å². The molecule has 0 aliphatic rings. The predicted molar refractivity (Wildman–Crippen MR) is 84.7 cm³/mol. The fourth-order valence-corrected chi connectivity index (χ4v) is 2.03. The summed E-state index contributed by atoms with van der Waals surface area (Å²) in [5, 5.41) is 0. The van der Waals surface area contributed by atoms with Crippen LogP contribution in [0.15, 0.2) is 29.8 Å². The van der Waals surface area contributed by atoms with Crippen molar-refractivity contribution in [1.29, 1.82) is 0 Å². The Bertz CT molecular complexity index is 478. The van der Waals surface area contributed by atoms with Gasteiger partial charge in [0, 0.05) is 6.92 Å². The topological polar surface area (TPSA) is 26.3 Å². The van der Waals surface area contributed by atoms with Crippen molar-refractivity contribution in [1.82, 2.24) is 0 Å². The van der Waals surface area contributed by atoms with Crippen LogP contribution in [0.3, 0.4) is 0 Å². The minimum Gasteiger partial charge on any atom is -0.461 e. The molecule has 20 heavy (non-hydrogen) atoms. The van der Waals surface area contributed by atoms with Crippen LogP contribution < -0.4 is 0 Å². The van der Waals surface area contributed by atoms with Crippen molar-refractivity contribution in [3.05, 3.63) is 41.0 Å². The number of ether oxygens (including phenoxy) is 1. The lowest BCUT2D eigenvalue weighted by atomic mass is 9.86. The minimum atomic E-state index is -0.226. The highest BCUT2D eigenvalue weighted by Gasteiger charge is 2.13. The number of hydrogen-bond donors (Lipinski definition) is 0. The third-order valence-corrected chi connectivity index (χ3v) is 3.16. The van der Waals surface area contributed by atoms with E-state index in [1.165, 1.54) is 18.1 Å². The molecule has 0 amide bonds. The SMILES string of the molecule is CCC/C(=C\c1cccc(C(C)(C)C)c1)COC(C)=O. The molecule has 0 aliphatic heterocycles. The first-order valence-corrected chi connectivity index (χ1v) is 7.26. The van der Waals surface area contributed by atoms with Gasteiger partial charge in [-0.3, -0.25) is 4.79 Å². The molecule has 110 valence electrons. The quantitative estimate of drug-likeness (QED) is 0.725. The summed E-state index contributed by atoms with van der Waals surface area (Å²) in [6.07, 6.45) is 4.14. The molecule has 0 saturated carbocycles. The van der Waals surface area contributed by atoms with Crippen LogP contribution in [0, 0.1) is 0 Å². The molecule has 0 heterocycles. The average molecular weight is 274 g/mol. The fourth-order valence-electron chi connectivity index (χ4n) is 2.03. The molecular formula is C18H26O2. The lowest BCUT2D eigenvalue weighted by Crippen LogP contribution is -2.10. The zero-order valence-electron chi connectivity index (χ0n) is 13.3. The van der Waals surface area contributed by atoms with Crippen molar-refractivity contribution in [2.24, 2.45) is 0 Å². The van der Waals surface area contributed by atoms with Crippen molar-refractivity contribution in [2.75, 3.05) is 6.61 Å². The summed E-state index contributed by atoms with van der Waals surface area (Å²) in [6.45, 7) is 10.6. The van der Waals surface area contributed by atoms with Crippen LogP contribution in [-0.2, 0) is 14.9 Å². The Labute approximate surface area is 122 Å². The predicted octanol–water partition coefficient (Wildman–Crippen LogP) is 4.73. The molecule has 2 nitrogen and oxygen atoms in total. The van der Waals surface area contributed by atoms with E-state index < -0.39 is 0 Å². The van der Waals surface area contributed by atoms with E-state index >= 15 is 0 Å². The van der Waals surface area contributed by atoms with E-state index in [4.69, 9.17) is 4.74 Å². The Kier molecular flexibility index (Phi) is 6.00. The maximum Gasteiger partial charge on any atom is 0.302 e. The van der Waals surface area contributed by atoms with E-state index in [1.54, 1.807) is 0 Å². The lowest BCUT2D eigenvalue weighted by molar-refractivity contribution is -0.140. The normalized spacial score (nSPS) is 12.3. The molecule has 0 atom stereocenters. The van der Waals surface area contributed by atoms with E-state index in [2.05, 4.69) is 58.0 Å². The molecule has 0 bridgehead atoms. The van der Waals surface area contributed by atoms with Crippen LogP contribution in [0.25, 0.3) is 6.08 Å². The van der Waals surface area contributed by atoms with Crippen LogP contribution in [0.4, 0.5) is 0 Å². The Balaban J connectivity index is 2.95. The van der Waals surface area contributed by atoms with Crippen molar-refractivity contribution in [3.8, 4) is 0 Å². The molecule has 1 rings (SSSR count). The second kappa shape index (κ2) is 7.28. The maximum atomic E-state index is 10.9. The summed E-state index contributed by atoms with van der Waals surface area (Å²) >= 11 is 0. The molecule has 1 aromatic rings. The number of hydrogen-bond acceptors (Lipinski definition) is 2. The van der Waals surface area contributed by atoms with Crippen molar-refractivity contribution in [3.63, 3.8) is 0 Å². The maximum absolute atomic E-state index is 10.9. The van der Waals surface area contributed by atoms with Crippen molar-refractivity contribution < 1.29 is 9.53 Å². The zero-order valence-corrected chi connectivity index (χ0v) is 13.3. The van der Waals surface area contributed by atoms with Gasteiger partial charge in [-0.2, -0.15) is 0 Å². The van der Waals surface area contributed by atoms with E-state index in [0.29, 0.717) is 6.61 Å². The van der Waals surface area contributed by atoms with Gasteiger partial charge in [0.25, 0.3) is 0 Å². The van der Waals surface area contributed by atoms with Gasteiger partial charge in [0.2, 0.25) is 0 Å². The van der Waals surface area contributed by atoms with Crippen LogP contribution in [0.5, 0.6) is 0 Å². The average Bonchev–Trinajstić information content (AvgIpc) is 2.35.